The van der Waals surface area contributed by atoms with Gasteiger partial charge in [0.05, 0.1) is 41.9 Å². The molecule has 14 heteroatoms. The van der Waals surface area contributed by atoms with Gasteiger partial charge in [-0.05, 0) is 42.0 Å². The number of hydrogen-bond donors (Lipinski definition) is 2. The molecule has 2 heterocycles. The number of fused-ring (bicyclic) bond motifs is 1. The lowest BCUT2D eigenvalue weighted by Crippen LogP contribution is -2.36. The van der Waals surface area contributed by atoms with Gasteiger partial charge in [-0.1, -0.05) is 17.7 Å². The number of anilines is 1. The van der Waals surface area contributed by atoms with Crippen LogP contribution < -0.4 is 20.3 Å². The number of methoxy groups -OCH3 is 2. The monoisotopic (exact) mass is 589 g/mol. The maximum absolute atomic E-state index is 13.5. The van der Waals surface area contributed by atoms with Crippen molar-refractivity contribution in [2.45, 2.75) is 11.4 Å². The second-order valence-corrected chi connectivity index (χ2v) is 10.7. The lowest BCUT2D eigenvalue weighted by molar-refractivity contribution is -0.126. The van der Waals surface area contributed by atoms with Gasteiger partial charge in [0.2, 0.25) is 11.8 Å². The topological polar surface area (TPSA) is 142 Å². The molecular weight excluding hydrogens is 565 g/mol. The van der Waals surface area contributed by atoms with Gasteiger partial charge in [-0.2, -0.15) is 0 Å². The molecule has 2 aromatic heterocycles. The van der Waals surface area contributed by atoms with Gasteiger partial charge in [0.15, 0.2) is 0 Å². The molecule has 2 N–H and O–H groups in total. The molecule has 0 saturated carbocycles. The molecule has 0 aliphatic carbocycles. The summed E-state index contributed by atoms with van der Waals surface area (Å²) in [5.74, 6) is -1.58. The first-order valence-electron chi connectivity index (χ1n) is 11.8. The fourth-order valence-electron chi connectivity index (χ4n) is 4.06. The Morgan fingerprint density at radius 2 is 1.90 bits per heavy atom. The number of aromatic nitrogens is 3. The zero-order valence-corrected chi connectivity index (χ0v) is 23.2. The van der Waals surface area contributed by atoms with Crippen LogP contribution in [-0.2, 0) is 26.1 Å². The van der Waals surface area contributed by atoms with Gasteiger partial charge < -0.3 is 14.8 Å². The van der Waals surface area contributed by atoms with Crippen LogP contribution in [-0.4, -0.2) is 56.7 Å². The third-order valence-electron chi connectivity index (χ3n) is 6.03. The van der Waals surface area contributed by atoms with Crippen LogP contribution in [0.2, 0.25) is 5.02 Å². The van der Waals surface area contributed by atoms with Crippen LogP contribution in [0.15, 0.2) is 64.7 Å². The summed E-state index contributed by atoms with van der Waals surface area (Å²) in [7, 11) is 0.0556. The minimum Gasteiger partial charge on any atom is -0.480 e. The molecule has 0 aliphatic rings. The summed E-state index contributed by atoms with van der Waals surface area (Å²) < 4.78 is 53.6. The van der Waals surface area contributed by atoms with Crippen molar-refractivity contribution in [1.82, 2.24) is 19.9 Å². The van der Waals surface area contributed by atoms with E-state index in [0.717, 1.165) is 18.2 Å². The van der Waals surface area contributed by atoms with Crippen LogP contribution in [0.4, 0.5) is 10.1 Å². The summed E-state index contributed by atoms with van der Waals surface area (Å²) in [5.41, 5.74) is 1.06. The maximum atomic E-state index is 13.5. The predicted molar refractivity (Wildman–Crippen MR) is 147 cm³/mol. The number of benzene rings is 2. The number of nitrogens with zero attached hydrogens (tertiary/aromatic N) is 3. The van der Waals surface area contributed by atoms with Crippen molar-refractivity contribution in [2.75, 3.05) is 32.6 Å². The summed E-state index contributed by atoms with van der Waals surface area (Å²) in [6, 6.07) is 9.36. The van der Waals surface area contributed by atoms with Gasteiger partial charge in [0.25, 0.3) is 15.6 Å². The fourth-order valence-corrected chi connectivity index (χ4v) is 5.64. The molecule has 1 amide bonds. The zero-order chi connectivity index (χ0) is 29.0. The first-order valence-corrected chi connectivity index (χ1v) is 13.7. The lowest BCUT2D eigenvalue weighted by atomic mass is 10.0. The van der Waals surface area contributed by atoms with Crippen LogP contribution >= 0.6 is 11.6 Å². The Morgan fingerprint density at radius 1 is 1.12 bits per heavy atom. The average molecular weight is 590 g/mol. The largest absolute Gasteiger partial charge is 0.480 e. The second kappa shape index (κ2) is 12.0. The summed E-state index contributed by atoms with van der Waals surface area (Å²) in [4.78, 5) is 33.7. The molecule has 40 heavy (non-hydrogen) atoms. The van der Waals surface area contributed by atoms with Crippen LogP contribution in [0.25, 0.3) is 22.0 Å². The van der Waals surface area contributed by atoms with E-state index in [-0.39, 0.29) is 51.5 Å². The first-order chi connectivity index (χ1) is 19.1. The number of sulfonamides is 1. The van der Waals surface area contributed by atoms with Crippen LogP contribution in [0.1, 0.15) is 0 Å². The van der Waals surface area contributed by atoms with Gasteiger partial charge in [-0.25, -0.2) is 22.8 Å². The van der Waals surface area contributed by atoms with Crippen molar-refractivity contribution in [1.29, 1.82) is 0 Å². The standard InChI is InChI=1S/C26H25ClFN5O6S/c1-29-24(34)17(13-38-2)12-33-14-31-21-6-4-15(8-19(21)26(33)35)16-9-22(25(39-3)30-11-16)32-40(36,37)23-7-5-18(28)10-20(23)27/h4-11,14,17,32H,12-13H2,1-3H3,(H,29,34)/t17-/m0/s1. The lowest BCUT2D eigenvalue weighted by Gasteiger charge is -2.16. The van der Waals surface area contributed by atoms with Crippen molar-refractivity contribution in [2.24, 2.45) is 5.92 Å². The Kier molecular flexibility index (Phi) is 8.67. The highest BCUT2D eigenvalue weighted by Crippen LogP contribution is 2.32. The smallest absolute Gasteiger partial charge is 0.263 e. The molecule has 0 aliphatic heterocycles. The highest BCUT2D eigenvalue weighted by molar-refractivity contribution is 7.92. The Labute approximate surface area is 234 Å². The SMILES string of the molecule is CNC(=O)[C@H](COC)Cn1cnc2ccc(-c3cnc(OC)c(NS(=O)(=O)c4ccc(F)cc4Cl)c3)cc2c1=O. The van der Waals surface area contributed by atoms with Crippen molar-refractivity contribution in [3.63, 3.8) is 0 Å². The fraction of sp³-hybridized carbons (Fsp3) is 0.231. The third-order valence-corrected chi connectivity index (χ3v) is 7.88. The first kappa shape index (κ1) is 28.9. The maximum Gasteiger partial charge on any atom is 0.263 e. The molecule has 4 rings (SSSR count). The normalized spacial score (nSPS) is 12.2. The zero-order valence-electron chi connectivity index (χ0n) is 21.6. The number of halogens is 2. The number of hydrogen-bond acceptors (Lipinski definition) is 8. The Balaban J connectivity index is 1.73. The number of amides is 1. The molecule has 0 radical (unpaired) electrons. The number of rotatable bonds is 10. The molecule has 11 nitrogen and oxygen atoms in total. The molecule has 210 valence electrons. The van der Waals surface area contributed by atoms with E-state index in [4.69, 9.17) is 21.1 Å². The van der Waals surface area contributed by atoms with E-state index < -0.39 is 21.8 Å². The van der Waals surface area contributed by atoms with Crippen molar-refractivity contribution >= 4 is 44.1 Å². The number of carbonyl (C=O) groups is 1. The molecular formula is C26H25ClFN5O6S. The molecule has 0 unspecified atom stereocenters. The quantitative estimate of drug-likeness (QED) is 0.287. The molecule has 1 atom stereocenters. The van der Waals surface area contributed by atoms with E-state index >= 15 is 0 Å². The van der Waals surface area contributed by atoms with Gasteiger partial charge in [0.1, 0.15) is 16.4 Å². The van der Waals surface area contributed by atoms with Gasteiger partial charge >= 0.3 is 0 Å². The molecule has 4 aromatic rings. The molecule has 2 aromatic carbocycles. The minimum absolute atomic E-state index is 0.00271. The average Bonchev–Trinajstić information content (AvgIpc) is 2.93. The van der Waals surface area contributed by atoms with Crippen molar-refractivity contribution in [3.05, 3.63) is 76.2 Å². The molecule has 0 saturated heterocycles. The van der Waals surface area contributed by atoms with Crippen LogP contribution in [0.3, 0.4) is 0 Å². The molecule has 0 bridgehead atoms. The van der Waals surface area contributed by atoms with Crippen molar-refractivity contribution < 1.29 is 27.1 Å². The molecule has 0 spiro atoms. The highest BCUT2D eigenvalue weighted by atomic mass is 35.5. The number of nitrogens with one attached hydrogen (secondary N) is 2. The summed E-state index contributed by atoms with van der Waals surface area (Å²) in [5, 5.41) is 2.55. The highest BCUT2D eigenvalue weighted by Gasteiger charge is 2.22. The summed E-state index contributed by atoms with van der Waals surface area (Å²) >= 11 is 5.97. The summed E-state index contributed by atoms with van der Waals surface area (Å²) in [6.07, 6.45) is 2.83. The number of ether oxygens (including phenoxy) is 2. The van der Waals surface area contributed by atoms with Crippen molar-refractivity contribution in [3.8, 4) is 17.0 Å². The van der Waals surface area contributed by atoms with E-state index in [0.29, 0.717) is 16.6 Å². The Bertz CT molecular complexity index is 1750. The van der Waals surface area contributed by atoms with Gasteiger partial charge in [-0.15, -0.1) is 0 Å². The van der Waals surface area contributed by atoms with E-state index in [1.807, 2.05) is 0 Å². The predicted octanol–water partition coefficient (Wildman–Crippen LogP) is 3.07. The van der Waals surface area contributed by atoms with E-state index in [9.17, 15) is 22.4 Å². The Morgan fingerprint density at radius 3 is 2.58 bits per heavy atom. The van der Waals surface area contributed by atoms with E-state index in [1.165, 1.54) is 44.4 Å². The number of carbonyl (C=O) groups excluding carboxylic acids is 1. The van der Waals surface area contributed by atoms with Crippen LogP contribution in [0, 0.1) is 11.7 Å². The minimum atomic E-state index is -4.24. The third kappa shape index (κ3) is 6.06. The van der Waals surface area contributed by atoms with E-state index in [1.54, 1.807) is 18.2 Å². The van der Waals surface area contributed by atoms with Crippen LogP contribution in [0.5, 0.6) is 5.88 Å². The van der Waals surface area contributed by atoms with Gasteiger partial charge in [0, 0.05) is 32.5 Å². The second-order valence-electron chi connectivity index (χ2n) is 8.66. The number of pyridine rings is 1. The van der Waals surface area contributed by atoms with E-state index in [2.05, 4.69) is 20.0 Å². The molecule has 0 fully saturated rings. The summed E-state index contributed by atoms with van der Waals surface area (Å²) in [6.45, 7) is 0.172. The van der Waals surface area contributed by atoms with Gasteiger partial charge in [-0.3, -0.25) is 18.9 Å². The Hall–Kier alpha value is -4.07.